The smallest absolute Gasteiger partial charge is 0.266 e. The van der Waals surface area contributed by atoms with Crippen LogP contribution in [-0.2, 0) is 10.0 Å². The fourth-order valence-electron chi connectivity index (χ4n) is 1.45. The molecule has 21 heavy (non-hydrogen) atoms. The van der Waals surface area contributed by atoms with Crippen LogP contribution < -0.4 is 10.5 Å². The minimum Gasteiger partial charge on any atom is -0.395 e. The highest BCUT2D eigenvalue weighted by Crippen LogP contribution is 2.35. The molecule has 0 unspecified atom stereocenters. The molecule has 3 N–H and O–H groups in total. The van der Waals surface area contributed by atoms with E-state index in [1.165, 1.54) is 18.3 Å². The van der Waals surface area contributed by atoms with Gasteiger partial charge < -0.3 is 5.73 Å². The zero-order chi connectivity index (χ0) is 15.8. The molecule has 2 aromatic rings. The number of nitrogens with one attached hydrogen (secondary N) is 1. The first kappa shape index (κ1) is 16.3. The highest BCUT2D eigenvalue weighted by atomic mass is 79.9. The third-order valence-electron chi connectivity index (χ3n) is 2.41. The van der Waals surface area contributed by atoms with Gasteiger partial charge in [-0.05, 0) is 28.1 Å². The average molecular weight is 415 g/mol. The summed E-state index contributed by atoms with van der Waals surface area (Å²) in [7, 11) is -4.25. The molecule has 0 saturated carbocycles. The molecule has 0 aliphatic heterocycles. The number of aromatic nitrogens is 1. The number of hydrogen-bond donors (Lipinski definition) is 2. The number of sulfonamides is 1. The summed E-state index contributed by atoms with van der Waals surface area (Å²) in [4.78, 5) is 3.09. The van der Waals surface area contributed by atoms with Crippen LogP contribution in [0, 0.1) is 5.82 Å². The second-order valence-electron chi connectivity index (χ2n) is 3.86. The molecule has 0 fully saturated rings. The van der Waals surface area contributed by atoms with Crippen LogP contribution in [0.15, 0.2) is 33.8 Å². The zero-order valence-electron chi connectivity index (χ0n) is 10.1. The van der Waals surface area contributed by atoms with Crippen LogP contribution in [0.3, 0.4) is 0 Å². The number of pyridine rings is 1. The number of anilines is 2. The topological polar surface area (TPSA) is 85.1 Å². The molecule has 1 heterocycles. The fraction of sp³-hybridized carbons (Fsp3) is 0. The highest BCUT2D eigenvalue weighted by molar-refractivity contribution is 9.10. The van der Waals surface area contributed by atoms with E-state index in [1.54, 1.807) is 0 Å². The predicted molar refractivity (Wildman–Crippen MR) is 83.6 cm³/mol. The lowest BCUT2D eigenvalue weighted by Crippen LogP contribution is -2.16. The van der Waals surface area contributed by atoms with Crippen LogP contribution >= 0.6 is 39.1 Å². The first-order valence-corrected chi connectivity index (χ1v) is 8.33. The molecule has 1 aromatic heterocycles. The van der Waals surface area contributed by atoms with Crippen molar-refractivity contribution in [2.24, 2.45) is 0 Å². The molecule has 10 heteroatoms. The Kier molecular flexibility index (Phi) is 4.62. The summed E-state index contributed by atoms with van der Waals surface area (Å²) in [6, 6.07) is 3.69. The predicted octanol–water partition coefficient (Wildman–Crippen LogP) is 3.67. The fourth-order valence-corrected chi connectivity index (χ4v) is 3.29. The highest BCUT2D eigenvalue weighted by Gasteiger charge is 2.24. The van der Waals surface area contributed by atoms with Gasteiger partial charge in [0.05, 0.1) is 15.2 Å². The van der Waals surface area contributed by atoms with Crippen LogP contribution in [0.25, 0.3) is 0 Å². The maximum absolute atomic E-state index is 14.0. The van der Waals surface area contributed by atoms with Gasteiger partial charge in [0.25, 0.3) is 10.0 Å². The molecule has 0 amide bonds. The van der Waals surface area contributed by atoms with Gasteiger partial charge in [0.2, 0.25) is 0 Å². The van der Waals surface area contributed by atoms with Crippen molar-refractivity contribution in [2.75, 3.05) is 10.5 Å². The summed E-state index contributed by atoms with van der Waals surface area (Å²) in [5.74, 6) is -1.17. The van der Waals surface area contributed by atoms with E-state index < -0.39 is 26.4 Å². The third-order valence-corrected chi connectivity index (χ3v) is 5.38. The number of rotatable bonds is 3. The first-order valence-electron chi connectivity index (χ1n) is 5.29. The SMILES string of the molecule is Nc1c(F)c(S(=O)(=O)Nc2cc(Cl)ccn2)cc(Cl)c1Br. The van der Waals surface area contributed by atoms with Crippen molar-refractivity contribution in [3.05, 3.63) is 44.7 Å². The van der Waals surface area contributed by atoms with Crippen LogP contribution in [0.2, 0.25) is 10.0 Å². The van der Waals surface area contributed by atoms with Crippen molar-refractivity contribution in [1.82, 2.24) is 4.98 Å². The Balaban J connectivity index is 2.50. The molecule has 0 saturated heterocycles. The minimum absolute atomic E-state index is 0.0340. The first-order chi connectivity index (χ1) is 9.72. The monoisotopic (exact) mass is 413 g/mol. The van der Waals surface area contributed by atoms with Crippen LogP contribution in [-0.4, -0.2) is 13.4 Å². The summed E-state index contributed by atoms with van der Waals surface area (Å²) in [6.45, 7) is 0. The average Bonchev–Trinajstić information content (AvgIpc) is 2.40. The van der Waals surface area contributed by atoms with E-state index in [9.17, 15) is 12.8 Å². The van der Waals surface area contributed by atoms with Crippen LogP contribution in [0.4, 0.5) is 15.9 Å². The number of nitrogen functional groups attached to an aromatic ring is 1. The lowest BCUT2D eigenvalue weighted by molar-refractivity contribution is 0.572. The molecule has 0 aliphatic carbocycles. The molecular weight excluding hydrogens is 408 g/mol. The second kappa shape index (κ2) is 5.96. The van der Waals surface area contributed by atoms with Crippen molar-refractivity contribution >= 4 is 60.7 Å². The van der Waals surface area contributed by atoms with Gasteiger partial charge in [-0.25, -0.2) is 17.8 Å². The molecule has 0 bridgehead atoms. The van der Waals surface area contributed by atoms with E-state index in [1.807, 2.05) is 0 Å². The van der Waals surface area contributed by atoms with Gasteiger partial charge in [0.1, 0.15) is 10.7 Å². The number of hydrogen-bond acceptors (Lipinski definition) is 4. The Bertz CT molecular complexity index is 817. The minimum atomic E-state index is -4.25. The van der Waals surface area contributed by atoms with Crippen molar-refractivity contribution < 1.29 is 12.8 Å². The summed E-state index contributed by atoms with van der Waals surface area (Å²) in [5, 5.41) is 0.241. The number of halogens is 4. The molecule has 5 nitrogen and oxygen atoms in total. The van der Waals surface area contributed by atoms with Gasteiger partial charge >= 0.3 is 0 Å². The Morgan fingerprint density at radius 2 is 2.00 bits per heavy atom. The van der Waals surface area contributed by atoms with Crippen molar-refractivity contribution in [3.63, 3.8) is 0 Å². The van der Waals surface area contributed by atoms with E-state index in [2.05, 4.69) is 25.6 Å². The molecule has 0 atom stereocenters. The van der Waals surface area contributed by atoms with Gasteiger partial charge in [0.15, 0.2) is 5.82 Å². The molecule has 0 radical (unpaired) electrons. The quantitative estimate of drug-likeness (QED) is 0.592. The molecule has 112 valence electrons. The summed E-state index contributed by atoms with van der Waals surface area (Å²) >= 11 is 14.5. The van der Waals surface area contributed by atoms with Crippen molar-refractivity contribution in [1.29, 1.82) is 0 Å². The van der Waals surface area contributed by atoms with E-state index in [0.717, 1.165) is 6.07 Å². The summed E-state index contributed by atoms with van der Waals surface area (Å²) in [5.41, 5.74) is 5.06. The number of benzene rings is 1. The summed E-state index contributed by atoms with van der Waals surface area (Å²) < 4.78 is 40.6. The molecular formula is C11H7BrCl2FN3O2S. The van der Waals surface area contributed by atoms with Gasteiger partial charge in [-0.1, -0.05) is 23.2 Å². The number of nitrogens with two attached hydrogens (primary N) is 1. The Hall–Kier alpha value is -1.09. The zero-order valence-corrected chi connectivity index (χ0v) is 14.0. The van der Waals surface area contributed by atoms with Gasteiger partial charge in [0, 0.05) is 17.3 Å². The summed E-state index contributed by atoms with van der Waals surface area (Å²) in [6.07, 6.45) is 1.31. The molecule has 2 rings (SSSR count). The largest absolute Gasteiger partial charge is 0.395 e. The normalized spacial score (nSPS) is 11.4. The second-order valence-corrected chi connectivity index (χ2v) is 7.15. The maximum Gasteiger partial charge on any atom is 0.266 e. The Morgan fingerprint density at radius 1 is 1.33 bits per heavy atom. The third kappa shape index (κ3) is 3.39. The Morgan fingerprint density at radius 3 is 2.62 bits per heavy atom. The van der Waals surface area contributed by atoms with Crippen molar-refractivity contribution in [3.8, 4) is 0 Å². The van der Waals surface area contributed by atoms with Gasteiger partial charge in [-0.15, -0.1) is 0 Å². The number of nitrogens with zero attached hydrogens (tertiary/aromatic N) is 1. The lowest BCUT2D eigenvalue weighted by Gasteiger charge is -2.11. The van der Waals surface area contributed by atoms with E-state index in [0.29, 0.717) is 0 Å². The van der Waals surface area contributed by atoms with E-state index >= 15 is 0 Å². The molecule has 0 aliphatic rings. The molecule has 0 spiro atoms. The van der Waals surface area contributed by atoms with E-state index in [-0.39, 0.29) is 20.3 Å². The van der Waals surface area contributed by atoms with Crippen LogP contribution in [0.5, 0.6) is 0 Å². The Labute approximate surface area is 138 Å². The maximum atomic E-state index is 14.0. The van der Waals surface area contributed by atoms with Gasteiger partial charge in [-0.2, -0.15) is 0 Å². The van der Waals surface area contributed by atoms with Gasteiger partial charge in [-0.3, -0.25) is 4.72 Å². The standard InChI is InChI=1S/C11H7BrCl2FN3O2S/c12-9-6(14)4-7(10(15)11(9)16)21(19,20)18-8-3-5(13)1-2-17-8/h1-4H,16H2,(H,17,18). The lowest BCUT2D eigenvalue weighted by atomic mass is 10.3. The van der Waals surface area contributed by atoms with Crippen molar-refractivity contribution in [2.45, 2.75) is 4.90 Å². The van der Waals surface area contributed by atoms with Crippen LogP contribution in [0.1, 0.15) is 0 Å². The molecule has 1 aromatic carbocycles. The van der Waals surface area contributed by atoms with E-state index in [4.69, 9.17) is 28.9 Å².